The zero-order valence-corrected chi connectivity index (χ0v) is 9.56. The predicted octanol–water partition coefficient (Wildman–Crippen LogP) is 0.649. The molecule has 0 unspecified atom stereocenters. The van der Waals surface area contributed by atoms with E-state index in [9.17, 15) is 8.42 Å². The van der Waals surface area contributed by atoms with Crippen LogP contribution in [0.5, 0.6) is 0 Å². The highest BCUT2D eigenvalue weighted by molar-refractivity contribution is 8.13. The fourth-order valence-electron chi connectivity index (χ4n) is 1.11. The minimum atomic E-state index is -3.73. The van der Waals surface area contributed by atoms with Gasteiger partial charge >= 0.3 is 0 Å². The van der Waals surface area contributed by atoms with E-state index in [-0.39, 0.29) is 4.90 Å². The highest BCUT2D eigenvalue weighted by Crippen LogP contribution is 2.13. The van der Waals surface area contributed by atoms with E-state index >= 15 is 0 Å². The van der Waals surface area contributed by atoms with Crippen LogP contribution < -0.4 is 0 Å². The molecule has 0 fully saturated rings. The van der Waals surface area contributed by atoms with Crippen molar-refractivity contribution < 1.29 is 8.42 Å². The normalized spacial score (nSPS) is 11.6. The summed E-state index contributed by atoms with van der Waals surface area (Å²) in [5, 5.41) is 3.85. The van der Waals surface area contributed by atoms with Crippen LogP contribution in [0, 0.1) is 0 Å². The first-order chi connectivity index (χ1) is 7.55. The largest absolute Gasteiger partial charge is 0.264 e. The Kier molecular flexibility index (Phi) is 2.88. The van der Waals surface area contributed by atoms with E-state index in [0.717, 1.165) is 0 Å². The van der Waals surface area contributed by atoms with E-state index in [1.54, 1.807) is 18.5 Å². The van der Waals surface area contributed by atoms with E-state index in [1.165, 1.54) is 17.1 Å². The third kappa shape index (κ3) is 2.56. The Balaban J connectivity index is 2.22. The smallest absolute Gasteiger partial charge is 0.264 e. The van der Waals surface area contributed by atoms with Crippen molar-refractivity contribution in [3.8, 4) is 0 Å². The van der Waals surface area contributed by atoms with Gasteiger partial charge < -0.3 is 0 Å². The minimum Gasteiger partial charge on any atom is -0.264 e. The molecule has 2 rings (SSSR count). The number of hydrogen-bond acceptors (Lipinski definition) is 5. The minimum absolute atomic E-state index is 0.0369. The summed E-state index contributed by atoms with van der Waals surface area (Å²) in [6.45, 7) is 0.299. The van der Waals surface area contributed by atoms with Gasteiger partial charge in [0.1, 0.15) is 17.3 Å². The Bertz CT molecular complexity index is 581. The van der Waals surface area contributed by atoms with Gasteiger partial charge in [-0.05, 0) is 6.07 Å². The maximum atomic E-state index is 11.0. The van der Waals surface area contributed by atoms with Gasteiger partial charge in [0, 0.05) is 29.3 Å². The summed E-state index contributed by atoms with van der Waals surface area (Å²) in [5.41, 5.74) is 0. The van der Waals surface area contributed by atoms with Gasteiger partial charge in [0.15, 0.2) is 0 Å². The molecule has 0 aromatic carbocycles. The van der Waals surface area contributed by atoms with Crippen LogP contribution in [0.4, 0.5) is 0 Å². The van der Waals surface area contributed by atoms with Crippen molar-refractivity contribution in [2.75, 3.05) is 0 Å². The molecule has 0 bridgehead atoms. The van der Waals surface area contributed by atoms with Crippen LogP contribution in [0.2, 0.25) is 0 Å². The van der Waals surface area contributed by atoms with Gasteiger partial charge in [-0.25, -0.2) is 18.4 Å². The first kappa shape index (κ1) is 11.0. The van der Waals surface area contributed by atoms with Crippen LogP contribution in [0.15, 0.2) is 35.7 Å². The maximum absolute atomic E-state index is 11.0. The fourth-order valence-corrected chi connectivity index (χ4v) is 1.77. The lowest BCUT2D eigenvalue weighted by atomic mass is 10.5. The second-order valence-corrected chi connectivity index (χ2v) is 5.54. The summed E-state index contributed by atoms with van der Waals surface area (Å²) in [6.07, 6.45) is 5.72. The second kappa shape index (κ2) is 4.18. The van der Waals surface area contributed by atoms with Gasteiger partial charge in [0.05, 0.1) is 6.20 Å². The Hall–Kier alpha value is -1.47. The Morgan fingerprint density at radius 1 is 1.31 bits per heavy atom. The molecule has 0 saturated heterocycles. The van der Waals surface area contributed by atoms with E-state index in [4.69, 9.17) is 10.7 Å². The zero-order chi connectivity index (χ0) is 11.6. The molecule has 0 atom stereocenters. The zero-order valence-electron chi connectivity index (χ0n) is 7.99. The molecule has 0 aliphatic carbocycles. The molecule has 0 aliphatic rings. The number of rotatable bonds is 3. The first-order valence-corrected chi connectivity index (χ1v) is 6.59. The van der Waals surface area contributed by atoms with Gasteiger partial charge in [0.25, 0.3) is 9.05 Å². The van der Waals surface area contributed by atoms with Crippen molar-refractivity contribution in [2.45, 2.75) is 11.4 Å². The van der Waals surface area contributed by atoms with Crippen LogP contribution in [-0.2, 0) is 15.6 Å². The number of nitrogens with zero attached hydrogens (tertiary/aromatic N) is 4. The topological polar surface area (TPSA) is 77.7 Å². The van der Waals surface area contributed by atoms with Gasteiger partial charge in [-0.1, -0.05) is 0 Å². The van der Waals surface area contributed by atoms with Gasteiger partial charge in [0.2, 0.25) is 0 Å². The van der Waals surface area contributed by atoms with Gasteiger partial charge in [-0.2, -0.15) is 5.10 Å². The van der Waals surface area contributed by atoms with Crippen molar-refractivity contribution in [2.24, 2.45) is 0 Å². The molecule has 0 spiro atoms. The lowest BCUT2D eigenvalue weighted by molar-refractivity contribution is 0.608. The third-order valence-corrected chi connectivity index (χ3v) is 3.12. The molecule has 0 N–H and O–H groups in total. The Morgan fingerprint density at radius 3 is 2.56 bits per heavy atom. The summed E-state index contributed by atoms with van der Waals surface area (Å²) in [6, 6.07) is 1.70. The monoisotopic (exact) mass is 258 g/mol. The van der Waals surface area contributed by atoms with Gasteiger partial charge in [-0.3, -0.25) is 4.68 Å². The van der Waals surface area contributed by atoms with Crippen LogP contribution >= 0.6 is 10.7 Å². The molecule has 0 radical (unpaired) electrons. The molecule has 2 heterocycles. The summed E-state index contributed by atoms with van der Waals surface area (Å²) in [5.74, 6) is 0.545. The molecule has 2 aromatic rings. The van der Waals surface area contributed by atoms with Crippen molar-refractivity contribution in [1.82, 2.24) is 19.7 Å². The molecular weight excluding hydrogens is 252 g/mol. The second-order valence-electron chi connectivity index (χ2n) is 2.98. The molecule has 0 amide bonds. The lowest BCUT2D eigenvalue weighted by Gasteiger charge is -1.98. The van der Waals surface area contributed by atoms with E-state index < -0.39 is 9.05 Å². The SMILES string of the molecule is O=S(=O)(Cl)c1cnn(Cc2ncccn2)c1. The Morgan fingerprint density at radius 2 is 2.00 bits per heavy atom. The molecule has 16 heavy (non-hydrogen) atoms. The molecule has 8 heteroatoms. The number of hydrogen-bond donors (Lipinski definition) is 0. The highest BCUT2D eigenvalue weighted by Gasteiger charge is 2.12. The van der Waals surface area contributed by atoms with E-state index in [1.807, 2.05) is 0 Å². The van der Waals surface area contributed by atoms with Crippen molar-refractivity contribution in [3.05, 3.63) is 36.7 Å². The molecule has 84 valence electrons. The van der Waals surface area contributed by atoms with E-state index in [0.29, 0.717) is 12.4 Å². The van der Waals surface area contributed by atoms with Crippen LogP contribution in [-0.4, -0.2) is 28.2 Å². The highest BCUT2D eigenvalue weighted by atomic mass is 35.7. The summed E-state index contributed by atoms with van der Waals surface area (Å²) in [4.78, 5) is 7.95. The van der Waals surface area contributed by atoms with Crippen molar-refractivity contribution in [1.29, 1.82) is 0 Å². The first-order valence-electron chi connectivity index (χ1n) is 4.29. The van der Waals surface area contributed by atoms with Crippen LogP contribution in [0.1, 0.15) is 5.82 Å². The lowest BCUT2D eigenvalue weighted by Crippen LogP contribution is -2.03. The maximum Gasteiger partial charge on any atom is 0.264 e. The summed E-state index contributed by atoms with van der Waals surface area (Å²) < 4.78 is 23.4. The Labute approximate surface area is 96.3 Å². The van der Waals surface area contributed by atoms with Gasteiger partial charge in [-0.15, -0.1) is 0 Å². The number of aromatic nitrogens is 4. The molecule has 0 saturated carbocycles. The van der Waals surface area contributed by atoms with E-state index in [2.05, 4.69) is 15.1 Å². The summed E-state index contributed by atoms with van der Waals surface area (Å²) in [7, 11) is 1.44. The predicted molar refractivity (Wildman–Crippen MR) is 56.4 cm³/mol. The number of halogens is 1. The standard InChI is InChI=1S/C8H7ClN4O2S/c9-16(14,15)7-4-12-13(5-7)6-8-10-2-1-3-11-8/h1-5H,6H2. The van der Waals surface area contributed by atoms with Crippen LogP contribution in [0.3, 0.4) is 0 Å². The van der Waals surface area contributed by atoms with Crippen molar-refractivity contribution >= 4 is 19.7 Å². The van der Waals surface area contributed by atoms with Crippen molar-refractivity contribution in [3.63, 3.8) is 0 Å². The third-order valence-electron chi connectivity index (χ3n) is 1.81. The van der Waals surface area contributed by atoms with Crippen LogP contribution in [0.25, 0.3) is 0 Å². The quantitative estimate of drug-likeness (QED) is 0.756. The molecule has 2 aromatic heterocycles. The summed E-state index contributed by atoms with van der Waals surface area (Å²) >= 11 is 0. The average molecular weight is 259 g/mol. The molecule has 6 nitrogen and oxygen atoms in total. The molecular formula is C8H7ClN4O2S. The molecule has 0 aliphatic heterocycles. The average Bonchev–Trinajstić information content (AvgIpc) is 2.67. The fraction of sp³-hybridized carbons (Fsp3) is 0.125.